The molecule has 1 aromatic carbocycles. The molecule has 1 N–H and O–H groups in total. The second-order valence-corrected chi connectivity index (χ2v) is 2.79. The molecular formula is C10H10F2N2. The minimum atomic E-state index is -0.609. The molecule has 0 unspecified atom stereocenters. The predicted octanol–water partition coefficient (Wildman–Crippen LogP) is 2.68. The van der Waals surface area contributed by atoms with E-state index in [1.54, 1.807) is 0 Å². The second-order valence-electron chi connectivity index (χ2n) is 2.79. The van der Waals surface area contributed by atoms with Gasteiger partial charge in [0.25, 0.3) is 0 Å². The third-order valence-corrected chi connectivity index (χ3v) is 1.73. The van der Waals surface area contributed by atoms with E-state index in [0.29, 0.717) is 19.4 Å². The molecule has 0 aliphatic rings. The summed E-state index contributed by atoms with van der Waals surface area (Å²) >= 11 is 0. The Morgan fingerprint density at radius 1 is 1.29 bits per heavy atom. The van der Waals surface area contributed by atoms with E-state index in [4.69, 9.17) is 5.26 Å². The predicted molar refractivity (Wildman–Crippen MR) is 49.7 cm³/mol. The van der Waals surface area contributed by atoms with Crippen LogP contribution in [0, 0.1) is 23.0 Å². The fourth-order valence-corrected chi connectivity index (χ4v) is 1.05. The molecule has 0 aliphatic heterocycles. The highest BCUT2D eigenvalue weighted by Gasteiger charge is 2.06. The number of nitrogens with zero attached hydrogens (tertiary/aromatic N) is 1. The van der Waals surface area contributed by atoms with Crippen molar-refractivity contribution in [3.63, 3.8) is 0 Å². The first-order valence-electron chi connectivity index (χ1n) is 4.30. The van der Waals surface area contributed by atoms with Gasteiger partial charge < -0.3 is 5.32 Å². The highest BCUT2D eigenvalue weighted by atomic mass is 19.1. The minimum Gasteiger partial charge on any atom is -0.380 e. The van der Waals surface area contributed by atoms with Crippen molar-refractivity contribution in [2.75, 3.05) is 11.9 Å². The van der Waals surface area contributed by atoms with Crippen molar-refractivity contribution in [3.05, 3.63) is 29.8 Å². The molecule has 0 spiro atoms. The van der Waals surface area contributed by atoms with Crippen LogP contribution >= 0.6 is 0 Å². The van der Waals surface area contributed by atoms with Gasteiger partial charge in [0.05, 0.1) is 6.07 Å². The van der Waals surface area contributed by atoms with Gasteiger partial charge in [0.1, 0.15) is 17.3 Å². The molecule has 2 nitrogen and oxygen atoms in total. The number of anilines is 1. The lowest BCUT2D eigenvalue weighted by atomic mass is 10.2. The topological polar surface area (TPSA) is 35.8 Å². The highest BCUT2D eigenvalue weighted by Crippen LogP contribution is 2.17. The van der Waals surface area contributed by atoms with E-state index in [1.165, 1.54) is 18.2 Å². The molecule has 0 fully saturated rings. The molecule has 74 valence electrons. The fourth-order valence-electron chi connectivity index (χ4n) is 1.05. The molecule has 4 heteroatoms. The van der Waals surface area contributed by atoms with Crippen LogP contribution < -0.4 is 5.32 Å². The molecule has 0 radical (unpaired) electrons. The first kappa shape index (κ1) is 10.5. The monoisotopic (exact) mass is 196 g/mol. The lowest BCUT2D eigenvalue weighted by molar-refractivity contribution is 0.587. The lowest BCUT2D eigenvalue weighted by Crippen LogP contribution is -2.05. The van der Waals surface area contributed by atoms with Gasteiger partial charge in [-0.2, -0.15) is 5.26 Å². The minimum absolute atomic E-state index is 0.120. The maximum absolute atomic E-state index is 13.0. The molecule has 0 atom stereocenters. The van der Waals surface area contributed by atoms with Crippen LogP contribution in [0.1, 0.15) is 12.8 Å². The quantitative estimate of drug-likeness (QED) is 0.751. The molecule has 1 aromatic rings. The molecule has 1 rings (SSSR count). The van der Waals surface area contributed by atoms with E-state index in [9.17, 15) is 8.78 Å². The van der Waals surface area contributed by atoms with Crippen molar-refractivity contribution in [1.29, 1.82) is 5.26 Å². The normalized spacial score (nSPS) is 9.50. The van der Waals surface area contributed by atoms with E-state index in [0.717, 1.165) is 0 Å². The van der Waals surface area contributed by atoms with Gasteiger partial charge in [-0.3, -0.25) is 0 Å². The second kappa shape index (κ2) is 5.18. The maximum atomic E-state index is 13.0. The summed E-state index contributed by atoms with van der Waals surface area (Å²) in [5.41, 5.74) is -0.120. The average molecular weight is 196 g/mol. The van der Waals surface area contributed by atoms with Crippen molar-refractivity contribution in [3.8, 4) is 6.07 Å². The van der Waals surface area contributed by atoms with Crippen molar-refractivity contribution in [1.82, 2.24) is 0 Å². The summed E-state index contributed by atoms with van der Waals surface area (Å²) in [7, 11) is 0. The number of halogens is 2. The Morgan fingerprint density at radius 3 is 2.50 bits per heavy atom. The standard InChI is InChI=1S/C10H10F2N2/c11-8-4-3-5-9(12)10(8)14-7-2-1-6-13/h3-5,14H,1-2,7H2. The van der Waals surface area contributed by atoms with Crippen LogP contribution in [0.15, 0.2) is 18.2 Å². The number of para-hydroxylation sites is 1. The number of hydrogen-bond acceptors (Lipinski definition) is 2. The third-order valence-electron chi connectivity index (χ3n) is 1.73. The van der Waals surface area contributed by atoms with E-state index in [2.05, 4.69) is 5.32 Å². The maximum Gasteiger partial charge on any atom is 0.149 e. The Labute approximate surface area is 81.2 Å². The zero-order valence-corrected chi connectivity index (χ0v) is 7.56. The summed E-state index contributed by atoms with van der Waals surface area (Å²) in [4.78, 5) is 0. The van der Waals surface area contributed by atoms with Gasteiger partial charge in [-0.1, -0.05) is 6.07 Å². The number of nitrogens with one attached hydrogen (secondary N) is 1. The summed E-state index contributed by atoms with van der Waals surface area (Å²) < 4.78 is 26.0. The zero-order valence-electron chi connectivity index (χ0n) is 7.56. The average Bonchev–Trinajstić information content (AvgIpc) is 2.16. The van der Waals surface area contributed by atoms with E-state index >= 15 is 0 Å². The molecule has 14 heavy (non-hydrogen) atoms. The van der Waals surface area contributed by atoms with Crippen LogP contribution in [0.5, 0.6) is 0 Å². The molecule has 0 saturated carbocycles. The smallest absolute Gasteiger partial charge is 0.149 e. The Bertz CT molecular complexity index is 324. The molecule has 0 aromatic heterocycles. The SMILES string of the molecule is N#CCCCNc1c(F)cccc1F. The summed E-state index contributed by atoms with van der Waals surface area (Å²) in [6, 6.07) is 5.65. The Balaban J connectivity index is 2.54. The van der Waals surface area contributed by atoms with Crippen molar-refractivity contribution < 1.29 is 8.78 Å². The number of benzene rings is 1. The summed E-state index contributed by atoms with van der Waals surface area (Å²) in [5, 5.41) is 10.9. The summed E-state index contributed by atoms with van der Waals surface area (Å²) in [5.74, 6) is -1.22. The van der Waals surface area contributed by atoms with Gasteiger partial charge in [0.2, 0.25) is 0 Å². The number of hydrogen-bond donors (Lipinski definition) is 1. The molecule has 0 bridgehead atoms. The Morgan fingerprint density at radius 2 is 1.93 bits per heavy atom. The molecule has 0 heterocycles. The first-order valence-corrected chi connectivity index (χ1v) is 4.30. The largest absolute Gasteiger partial charge is 0.380 e. The van der Waals surface area contributed by atoms with Crippen molar-refractivity contribution in [2.24, 2.45) is 0 Å². The Hall–Kier alpha value is -1.63. The van der Waals surface area contributed by atoms with Crippen LogP contribution in [-0.4, -0.2) is 6.54 Å². The van der Waals surface area contributed by atoms with E-state index in [1.807, 2.05) is 6.07 Å². The Kier molecular flexibility index (Phi) is 3.86. The van der Waals surface area contributed by atoms with Crippen LogP contribution in [0.4, 0.5) is 14.5 Å². The van der Waals surface area contributed by atoms with E-state index in [-0.39, 0.29) is 5.69 Å². The first-order chi connectivity index (χ1) is 6.75. The molecular weight excluding hydrogens is 186 g/mol. The van der Waals surface area contributed by atoms with Crippen molar-refractivity contribution >= 4 is 5.69 Å². The lowest BCUT2D eigenvalue weighted by Gasteiger charge is -2.06. The van der Waals surface area contributed by atoms with Gasteiger partial charge in [-0.15, -0.1) is 0 Å². The van der Waals surface area contributed by atoms with Gasteiger partial charge >= 0.3 is 0 Å². The number of nitriles is 1. The number of rotatable bonds is 4. The van der Waals surface area contributed by atoms with Gasteiger partial charge in [-0.05, 0) is 18.6 Å². The van der Waals surface area contributed by atoms with Gasteiger partial charge in [0.15, 0.2) is 0 Å². The zero-order chi connectivity index (χ0) is 10.4. The number of unbranched alkanes of at least 4 members (excludes halogenated alkanes) is 1. The fraction of sp³-hybridized carbons (Fsp3) is 0.300. The molecule has 0 amide bonds. The molecule has 0 saturated heterocycles. The summed E-state index contributed by atoms with van der Waals surface area (Å²) in [6.07, 6.45) is 0.952. The van der Waals surface area contributed by atoms with Crippen LogP contribution in [0.3, 0.4) is 0 Å². The van der Waals surface area contributed by atoms with Crippen LogP contribution in [0.2, 0.25) is 0 Å². The van der Waals surface area contributed by atoms with Crippen LogP contribution in [0.25, 0.3) is 0 Å². The van der Waals surface area contributed by atoms with Gasteiger partial charge in [-0.25, -0.2) is 8.78 Å². The van der Waals surface area contributed by atoms with Crippen molar-refractivity contribution in [2.45, 2.75) is 12.8 Å². The van der Waals surface area contributed by atoms with E-state index < -0.39 is 11.6 Å². The highest BCUT2D eigenvalue weighted by molar-refractivity contribution is 5.45. The third kappa shape index (κ3) is 2.70. The molecule has 0 aliphatic carbocycles. The summed E-state index contributed by atoms with van der Waals surface area (Å²) in [6.45, 7) is 0.394. The van der Waals surface area contributed by atoms with Crippen LogP contribution in [-0.2, 0) is 0 Å². The van der Waals surface area contributed by atoms with Gasteiger partial charge in [0, 0.05) is 13.0 Å².